The molecule has 1 heterocycles. The van der Waals surface area contributed by atoms with Crippen molar-refractivity contribution in [1.29, 1.82) is 0 Å². The maximum atomic E-state index is 11.9. The molecule has 0 fully saturated rings. The highest BCUT2D eigenvalue weighted by molar-refractivity contribution is 5.76. The maximum absolute atomic E-state index is 11.9. The van der Waals surface area contributed by atoms with Crippen molar-refractivity contribution in [3.8, 4) is 0 Å². The lowest BCUT2D eigenvalue weighted by Gasteiger charge is -2.06. The molecule has 110 valence electrons. The Morgan fingerprint density at radius 3 is 2.55 bits per heavy atom. The van der Waals surface area contributed by atoms with Crippen LogP contribution >= 0.6 is 0 Å². The van der Waals surface area contributed by atoms with Crippen LogP contribution in [0.4, 0.5) is 0 Å². The summed E-state index contributed by atoms with van der Waals surface area (Å²) in [7, 11) is 8.02. The van der Waals surface area contributed by atoms with Crippen LogP contribution in [-0.2, 0) is 20.6 Å². The second-order valence-corrected chi connectivity index (χ2v) is 5.82. The third-order valence-electron chi connectivity index (χ3n) is 3.80. The predicted octanol–water partition coefficient (Wildman–Crippen LogP) is -1.52. The van der Waals surface area contributed by atoms with Gasteiger partial charge in [0, 0.05) is 26.1 Å². The van der Waals surface area contributed by atoms with E-state index in [1.54, 1.807) is 9.13 Å². The number of nitrogens with one attached hydrogen (secondary N) is 1. The number of rotatable bonds is 6. The minimum atomic E-state index is 0.0371. The number of hydrogen-bond donors (Lipinski definition) is 2. The van der Waals surface area contributed by atoms with Crippen LogP contribution in [0.5, 0.6) is 0 Å². The molecule has 1 aromatic carbocycles. The molecule has 20 heavy (non-hydrogen) atoms. The van der Waals surface area contributed by atoms with Gasteiger partial charge in [-0.3, -0.25) is 9.13 Å². The van der Waals surface area contributed by atoms with Crippen molar-refractivity contribution in [2.24, 2.45) is 14.1 Å². The number of aromatic nitrogens is 2. The number of imidazole rings is 1. The van der Waals surface area contributed by atoms with Gasteiger partial charge in [0.1, 0.15) is 6.54 Å². The first-order valence-corrected chi connectivity index (χ1v) is 7.25. The number of quaternary nitrogens is 2. The summed E-state index contributed by atoms with van der Waals surface area (Å²) in [5, 5.41) is 2.34. The molecule has 0 unspecified atom stereocenters. The smallest absolute Gasteiger partial charge is 0.328 e. The SMILES string of the molecule is Cn1c(=O)n(C)c2cc(C[NH2+]CCC[NH+](C)C)ccc21. The monoisotopic (exact) mass is 278 g/mol. The molecule has 2 rings (SSSR count). The van der Waals surface area contributed by atoms with Crippen molar-refractivity contribution < 1.29 is 10.2 Å². The van der Waals surface area contributed by atoms with E-state index >= 15 is 0 Å². The summed E-state index contributed by atoms with van der Waals surface area (Å²) in [5.74, 6) is 0. The van der Waals surface area contributed by atoms with Crippen molar-refractivity contribution in [3.05, 3.63) is 34.2 Å². The zero-order valence-electron chi connectivity index (χ0n) is 12.9. The van der Waals surface area contributed by atoms with Crippen LogP contribution in [0.1, 0.15) is 12.0 Å². The number of fused-ring (bicyclic) bond motifs is 1. The van der Waals surface area contributed by atoms with E-state index in [4.69, 9.17) is 0 Å². The largest absolute Gasteiger partial charge is 0.342 e. The molecule has 0 bridgehead atoms. The molecule has 0 aliphatic rings. The number of nitrogens with zero attached hydrogens (tertiary/aromatic N) is 2. The topological polar surface area (TPSA) is 48.0 Å². The molecule has 0 aliphatic carbocycles. The third kappa shape index (κ3) is 3.11. The summed E-state index contributed by atoms with van der Waals surface area (Å²) in [5.41, 5.74) is 3.32. The lowest BCUT2D eigenvalue weighted by Crippen LogP contribution is -3.06. The Morgan fingerprint density at radius 1 is 1.15 bits per heavy atom. The Labute approximate surface area is 119 Å². The molecular weight excluding hydrogens is 252 g/mol. The fourth-order valence-corrected chi connectivity index (χ4v) is 2.55. The Bertz CT molecular complexity index is 639. The molecule has 5 nitrogen and oxygen atoms in total. The average molecular weight is 278 g/mol. The summed E-state index contributed by atoms with van der Waals surface area (Å²) in [4.78, 5) is 13.4. The third-order valence-corrected chi connectivity index (χ3v) is 3.80. The van der Waals surface area contributed by atoms with Gasteiger partial charge in [0.25, 0.3) is 0 Å². The van der Waals surface area contributed by atoms with E-state index in [9.17, 15) is 4.79 Å². The minimum Gasteiger partial charge on any atom is -0.342 e. The zero-order chi connectivity index (χ0) is 14.7. The summed E-state index contributed by atoms with van der Waals surface area (Å²) in [6.45, 7) is 3.33. The number of nitrogens with two attached hydrogens (primary N) is 1. The fourth-order valence-electron chi connectivity index (χ4n) is 2.55. The van der Waals surface area contributed by atoms with Crippen LogP contribution < -0.4 is 15.9 Å². The van der Waals surface area contributed by atoms with E-state index in [0.717, 1.165) is 24.1 Å². The molecule has 0 aliphatic heterocycles. The minimum absolute atomic E-state index is 0.0371. The Morgan fingerprint density at radius 2 is 1.85 bits per heavy atom. The first-order chi connectivity index (χ1) is 9.50. The van der Waals surface area contributed by atoms with Crippen molar-refractivity contribution in [3.63, 3.8) is 0 Å². The maximum Gasteiger partial charge on any atom is 0.328 e. The van der Waals surface area contributed by atoms with E-state index in [0.29, 0.717) is 0 Å². The fraction of sp³-hybridized carbons (Fsp3) is 0.533. The van der Waals surface area contributed by atoms with Gasteiger partial charge in [0.2, 0.25) is 0 Å². The summed E-state index contributed by atoms with van der Waals surface area (Å²) >= 11 is 0. The van der Waals surface area contributed by atoms with Gasteiger partial charge in [-0.05, 0) is 12.1 Å². The summed E-state index contributed by atoms with van der Waals surface area (Å²) in [6, 6.07) is 6.30. The molecule has 0 atom stereocenters. The standard InChI is InChI=1S/C15H24N4O/c1-17(2)9-5-8-16-11-12-6-7-13-14(10-12)19(4)15(20)18(13)3/h6-7,10,16H,5,8-9,11H2,1-4H3/p+2. The van der Waals surface area contributed by atoms with Gasteiger partial charge >= 0.3 is 5.69 Å². The van der Waals surface area contributed by atoms with Crippen LogP contribution in [0, 0.1) is 0 Å². The van der Waals surface area contributed by atoms with Gasteiger partial charge in [0.15, 0.2) is 0 Å². The lowest BCUT2D eigenvalue weighted by atomic mass is 10.2. The molecule has 0 radical (unpaired) electrons. The van der Waals surface area contributed by atoms with Crippen LogP contribution in [0.3, 0.4) is 0 Å². The first-order valence-electron chi connectivity index (χ1n) is 7.25. The predicted molar refractivity (Wildman–Crippen MR) is 81.0 cm³/mol. The zero-order valence-corrected chi connectivity index (χ0v) is 12.9. The highest BCUT2D eigenvalue weighted by Crippen LogP contribution is 2.13. The Balaban J connectivity index is 2.02. The normalized spacial score (nSPS) is 11.7. The highest BCUT2D eigenvalue weighted by Gasteiger charge is 2.08. The number of benzene rings is 1. The molecule has 2 aromatic rings. The second kappa shape index (κ2) is 6.24. The average Bonchev–Trinajstić information content (AvgIpc) is 2.63. The molecule has 3 N–H and O–H groups in total. The quantitative estimate of drug-likeness (QED) is 0.619. The van der Waals surface area contributed by atoms with Crippen molar-refractivity contribution >= 4 is 11.0 Å². The number of aryl methyl sites for hydroxylation is 2. The van der Waals surface area contributed by atoms with Crippen molar-refractivity contribution in [1.82, 2.24) is 9.13 Å². The van der Waals surface area contributed by atoms with Gasteiger partial charge in [-0.25, -0.2) is 4.79 Å². The highest BCUT2D eigenvalue weighted by atomic mass is 16.1. The van der Waals surface area contributed by atoms with Gasteiger partial charge in [-0.2, -0.15) is 0 Å². The second-order valence-electron chi connectivity index (χ2n) is 5.82. The molecule has 0 saturated heterocycles. The molecule has 0 saturated carbocycles. The van der Waals surface area contributed by atoms with Crippen LogP contribution in [0.2, 0.25) is 0 Å². The molecule has 0 amide bonds. The van der Waals surface area contributed by atoms with E-state index < -0.39 is 0 Å². The van der Waals surface area contributed by atoms with E-state index in [-0.39, 0.29) is 5.69 Å². The van der Waals surface area contributed by atoms with Gasteiger partial charge in [-0.1, -0.05) is 6.07 Å². The molecule has 5 heteroatoms. The summed E-state index contributed by atoms with van der Waals surface area (Å²) < 4.78 is 3.41. The van der Waals surface area contributed by atoms with Crippen LogP contribution in [0.25, 0.3) is 11.0 Å². The summed E-state index contributed by atoms with van der Waals surface area (Å²) in [6.07, 6.45) is 1.23. The van der Waals surface area contributed by atoms with Crippen LogP contribution in [-0.4, -0.2) is 36.3 Å². The van der Waals surface area contributed by atoms with E-state index in [1.807, 2.05) is 20.2 Å². The molecule has 1 aromatic heterocycles. The van der Waals surface area contributed by atoms with E-state index in [1.165, 1.54) is 23.4 Å². The Kier molecular flexibility index (Phi) is 4.62. The van der Waals surface area contributed by atoms with Crippen molar-refractivity contribution in [2.45, 2.75) is 13.0 Å². The van der Waals surface area contributed by atoms with Crippen molar-refractivity contribution in [2.75, 3.05) is 27.2 Å². The first kappa shape index (κ1) is 14.8. The molecular formula is C15H26N4O+2. The molecule has 0 spiro atoms. The van der Waals surface area contributed by atoms with Gasteiger partial charge in [0.05, 0.1) is 38.2 Å². The number of hydrogen-bond acceptors (Lipinski definition) is 1. The lowest BCUT2D eigenvalue weighted by molar-refractivity contribution is -0.860. The van der Waals surface area contributed by atoms with Gasteiger partial charge < -0.3 is 10.2 Å². The van der Waals surface area contributed by atoms with Crippen LogP contribution in [0.15, 0.2) is 23.0 Å². The Hall–Kier alpha value is -1.59. The van der Waals surface area contributed by atoms with Gasteiger partial charge in [-0.15, -0.1) is 0 Å². The van der Waals surface area contributed by atoms with E-state index in [2.05, 4.69) is 31.5 Å².